The molecule has 2 aliphatic rings. The van der Waals surface area contributed by atoms with Crippen LogP contribution in [0.3, 0.4) is 0 Å². The number of anilines is 2. The molecule has 3 atom stereocenters. The van der Waals surface area contributed by atoms with Crippen LogP contribution in [-0.2, 0) is 4.79 Å². The Bertz CT molecular complexity index is 507. The summed E-state index contributed by atoms with van der Waals surface area (Å²) in [6.07, 6.45) is 0. The van der Waals surface area contributed by atoms with Crippen molar-refractivity contribution in [1.29, 1.82) is 0 Å². The molecule has 6 heteroatoms. The zero-order valence-electron chi connectivity index (χ0n) is 9.24. The summed E-state index contributed by atoms with van der Waals surface area (Å²) < 4.78 is 7.92. The van der Waals surface area contributed by atoms with Gasteiger partial charge in [-0.1, -0.05) is 0 Å². The van der Waals surface area contributed by atoms with Gasteiger partial charge in [0.2, 0.25) is 5.60 Å². The van der Waals surface area contributed by atoms with Gasteiger partial charge in [0.05, 0.1) is 11.7 Å². The van der Waals surface area contributed by atoms with E-state index in [4.69, 9.17) is 10.5 Å². The van der Waals surface area contributed by atoms with E-state index in [1.807, 2.05) is 6.92 Å². The van der Waals surface area contributed by atoms with Crippen molar-refractivity contribution < 1.29 is 9.53 Å². The molecule has 2 aliphatic heterocycles. The number of amides is 1. The van der Waals surface area contributed by atoms with E-state index in [1.54, 1.807) is 18.2 Å². The molecule has 3 N–H and O–H groups in total. The van der Waals surface area contributed by atoms with Crippen molar-refractivity contribution in [2.75, 3.05) is 17.6 Å². The van der Waals surface area contributed by atoms with Gasteiger partial charge < -0.3 is 15.8 Å². The molecule has 2 heterocycles. The second-order valence-corrected chi connectivity index (χ2v) is 5.76. The van der Waals surface area contributed by atoms with E-state index in [0.29, 0.717) is 17.1 Å². The number of ether oxygens (including phenoxy) is 1. The van der Waals surface area contributed by atoms with E-state index in [1.165, 1.54) is 0 Å². The first-order valence-electron chi connectivity index (χ1n) is 5.33. The summed E-state index contributed by atoms with van der Waals surface area (Å²) >= 11 is 2.19. The lowest BCUT2D eigenvalue weighted by atomic mass is 9.98. The zero-order chi connectivity index (χ0) is 12.2. The molecule has 0 aliphatic carbocycles. The molecule has 1 aromatic carbocycles. The molecule has 1 fully saturated rings. The van der Waals surface area contributed by atoms with E-state index in [0.717, 1.165) is 6.54 Å². The van der Waals surface area contributed by atoms with Crippen LogP contribution in [0, 0.1) is 0 Å². The van der Waals surface area contributed by atoms with Crippen LogP contribution >= 0.6 is 22.9 Å². The number of carbonyl (C=O) groups is 1. The lowest BCUT2D eigenvalue weighted by molar-refractivity contribution is -0.131. The van der Waals surface area contributed by atoms with Gasteiger partial charge in [0.15, 0.2) is 0 Å². The van der Waals surface area contributed by atoms with E-state index in [9.17, 15) is 4.79 Å². The Kier molecular flexibility index (Phi) is 2.27. The Morgan fingerprint density at radius 1 is 1.65 bits per heavy atom. The van der Waals surface area contributed by atoms with Crippen LogP contribution in [-0.4, -0.2) is 27.2 Å². The molecule has 90 valence electrons. The highest BCUT2D eigenvalue weighted by molar-refractivity contribution is 14.1. The molecule has 0 radical (unpaired) electrons. The number of rotatable bonds is 1. The number of nitrogen functional groups attached to an aromatic ring is 1. The molecule has 0 bridgehead atoms. The molecule has 1 saturated heterocycles. The highest BCUT2D eigenvalue weighted by atomic mass is 127. The number of nitrogens with zero attached hydrogens (tertiary/aromatic N) is 1. The molecule has 0 aromatic heterocycles. The molecule has 1 aromatic rings. The van der Waals surface area contributed by atoms with Gasteiger partial charge in [-0.25, -0.2) is 3.11 Å². The maximum Gasteiger partial charge on any atom is 0.270 e. The zero-order valence-corrected chi connectivity index (χ0v) is 11.4. The Hall–Kier alpha value is -1.02. The van der Waals surface area contributed by atoms with Crippen molar-refractivity contribution in [3.8, 4) is 5.75 Å². The number of nitrogens with one attached hydrogen (secondary N) is 1. The molecular weight excluding hydrogens is 333 g/mol. The molecule has 17 heavy (non-hydrogen) atoms. The number of hydrogen-bond acceptors (Lipinski definition) is 4. The van der Waals surface area contributed by atoms with Crippen LogP contribution < -0.4 is 15.8 Å². The standard InChI is InChI=1S/C11H12IN3O2/c1-11(9-5-15(9)12)10(16)14-7-3-2-6(13)4-8(7)17-11/h2-4,9H,5,13H2,1H3,(H,14,16). The topological polar surface area (TPSA) is 67.4 Å². The summed E-state index contributed by atoms with van der Waals surface area (Å²) in [5.74, 6) is 0.544. The van der Waals surface area contributed by atoms with Gasteiger partial charge in [-0.3, -0.25) is 4.79 Å². The van der Waals surface area contributed by atoms with Crippen molar-refractivity contribution in [2.45, 2.75) is 18.6 Å². The number of hydrogen-bond donors (Lipinski definition) is 2. The van der Waals surface area contributed by atoms with Gasteiger partial charge in [-0.2, -0.15) is 0 Å². The second-order valence-electron chi connectivity index (χ2n) is 4.52. The van der Waals surface area contributed by atoms with Crippen LogP contribution in [0.5, 0.6) is 5.75 Å². The van der Waals surface area contributed by atoms with Gasteiger partial charge in [0.25, 0.3) is 5.91 Å². The van der Waals surface area contributed by atoms with Crippen LogP contribution in [0.15, 0.2) is 18.2 Å². The Morgan fingerprint density at radius 3 is 3.00 bits per heavy atom. The Morgan fingerprint density at radius 2 is 2.35 bits per heavy atom. The number of fused-ring (bicyclic) bond motifs is 1. The average molecular weight is 345 g/mol. The van der Waals surface area contributed by atoms with Crippen LogP contribution in [0.1, 0.15) is 6.92 Å². The van der Waals surface area contributed by atoms with Crippen molar-refractivity contribution in [1.82, 2.24) is 3.11 Å². The van der Waals surface area contributed by atoms with Crippen molar-refractivity contribution in [3.05, 3.63) is 18.2 Å². The summed E-state index contributed by atoms with van der Waals surface area (Å²) in [4.78, 5) is 12.1. The summed E-state index contributed by atoms with van der Waals surface area (Å²) in [5.41, 5.74) is 6.20. The lowest BCUT2D eigenvalue weighted by Gasteiger charge is -2.34. The van der Waals surface area contributed by atoms with Crippen LogP contribution in [0.2, 0.25) is 0 Å². The van der Waals surface area contributed by atoms with E-state index in [2.05, 4.69) is 31.3 Å². The maximum atomic E-state index is 12.1. The summed E-state index contributed by atoms with van der Waals surface area (Å²) in [6.45, 7) is 2.68. The summed E-state index contributed by atoms with van der Waals surface area (Å²) in [7, 11) is 0. The predicted molar refractivity (Wildman–Crippen MR) is 73.0 cm³/mol. The average Bonchev–Trinajstić information content (AvgIpc) is 2.99. The molecular formula is C11H12IN3O2. The van der Waals surface area contributed by atoms with E-state index >= 15 is 0 Å². The number of halogens is 1. The van der Waals surface area contributed by atoms with Gasteiger partial charge in [0, 0.05) is 41.2 Å². The molecule has 3 unspecified atom stereocenters. The molecule has 3 rings (SSSR count). The lowest BCUT2D eigenvalue weighted by Crippen LogP contribution is -2.53. The first kappa shape index (κ1) is 11.1. The Balaban J connectivity index is 1.99. The quantitative estimate of drug-likeness (QED) is 0.349. The first-order chi connectivity index (χ1) is 8.00. The third-order valence-corrected chi connectivity index (χ3v) is 4.28. The van der Waals surface area contributed by atoms with Gasteiger partial charge in [-0.15, -0.1) is 0 Å². The first-order valence-corrected chi connectivity index (χ1v) is 6.29. The van der Waals surface area contributed by atoms with Crippen LogP contribution in [0.4, 0.5) is 11.4 Å². The fraction of sp³-hybridized carbons (Fsp3) is 0.364. The third kappa shape index (κ3) is 1.66. The normalized spacial score (nSPS) is 34.6. The number of carbonyl (C=O) groups excluding carboxylic acids is 1. The fourth-order valence-electron chi connectivity index (χ4n) is 2.03. The highest BCUT2D eigenvalue weighted by Gasteiger charge is 2.56. The van der Waals surface area contributed by atoms with Gasteiger partial charge >= 0.3 is 0 Å². The summed E-state index contributed by atoms with van der Waals surface area (Å²) in [5, 5.41) is 2.87. The Labute approximate surface area is 113 Å². The summed E-state index contributed by atoms with van der Waals surface area (Å²) in [6, 6.07) is 5.37. The van der Waals surface area contributed by atoms with Crippen molar-refractivity contribution in [3.63, 3.8) is 0 Å². The van der Waals surface area contributed by atoms with E-state index in [-0.39, 0.29) is 11.9 Å². The highest BCUT2D eigenvalue weighted by Crippen LogP contribution is 2.42. The minimum atomic E-state index is -0.831. The maximum absolute atomic E-state index is 12.1. The molecule has 0 spiro atoms. The fourth-order valence-corrected chi connectivity index (χ4v) is 2.93. The number of nitrogens with two attached hydrogens (primary N) is 1. The monoisotopic (exact) mass is 345 g/mol. The van der Waals surface area contributed by atoms with Crippen molar-refractivity contribution in [2.24, 2.45) is 0 Å². The van der Waals surface area contributed by atoms with E-state index < -0.39 is 5.60 Å². The minimum Gasteiger partial charge on any atom is -0.474 e. The largest absolute Gasteiger partial charge is 0.474 e. The molecule has 1 amide bonds. The number of benzene rings is 1. The van der Waals surface area contributed by atoms with Gasteiger partial charge in [0.1, 0.15) is 5.75 Å². The third-order valence-electron chi connectivity index (χ3n) is 3.21. The van der Waals surface area contributed by atoms with Crippen molar-refractivity contribution >= 4 is 40.1 Å². The SMILES string of the molecule is CC1(C2CN2I)Oc2cc(N)ccc2NC1=O. The molecule has 5 nitrogen and oxygen atoms in total. The van der Waals surface area contributed by atoms with Gasteiger partial charge in [-0.05, 0) is 19.1 Å². The minimum absolute atomic E-state index is 0.0982. The second kappa shape index (κ2) is 3.49. The van der Waals surface area contributed by atoms with Crippen LogP contribution in [0.25, 0.3) is 0 Å². The smallest absolute Gasteiger partial charge is 0.270 e. The predicted octanol–water partition coefficient (Wildman–Crippen LogP) is 1.39. The molecule has 0 saturated carbocycles.